The van der Waals surface area contributed by atoms with E-state index >= 15 is 0 Å². The fourth-order valence-electron chi connectivity index (χ4n) is 5.89. The summed E-state index contributed by atoms with van der Waals surface area (Å²) in [4.78, 5) is 31.2. The van der Waals surface area contributed by atoms with Crippen molar-refractivity contribution in [1.29, 1.82) is 0 Å². The van der Waals surface area contributed by atoms with Crippen molar-refractivity contribution in [2.75, 3.05) is 31.2 Å². The van der Waals surface area contributed by atoms with Crippen molar-refractivity contribution in [3.8, 4) is 33.7 Å². The van der Waals surface area contributed by atoms with E-state index in [9.17, 15) is 22.4 Å². The van der Waals surface area contributed by atoms with Crippen molar-refractivity contribution in [2.45, 2.75) is 53.2 Å². The molecular weight excluding hydrogens is 660 g/mol. The van der Waals surface area contributed by atoms with Gasteiger partial charge in [-0.25, -0.2) is 17.6 Å². The number of rotatable bonds is 6. The Balaban J connectivity index is 0.00000239. The Morgan fingerprint density at radius 1 is 1.00 bits per heavy atom. The molecule has 0 aliphatic carbocycles. The summed E-state index contributed by atoms with van der Waals surface area (Å²) < 4.78 is 52.4. The molecule has 50 heavy (non-hydrogen) atoms. The molecule has 0 saturated heterocycles. The summed E-state index contributed by atoms with van der Waals surface area (Å²) in [7, 11) is -0.733. The molecule has 12 heteroatoms. The number of amides is 2. The first-order valence-electron chi connectivity index (χ1n) is 16.4. The first-order valence-corrected chi connectivity index (χ1v) is 18.3. The summed E-state index contributed by atoms with van der Waals surface area (Å²) in [5.74, 6) is -0.603. The number of fused-ring (bicyclic) bond motifs is 2. The number of furan rings is 1. The number of aromatic amines is 1. The zero-order valence-corrected chi connectivity index (χ0v) is 30.4. The molecule has 0 bridgehead atoms. The van der Waals surface area contributed by atoms with Gasteiger partial charge in [-0.2, -0.15) is 0 Å². The number of sulfonamides is 1. The lowest BCUT2D eigenvalue weighted by atomic mass is 9.96. The fraction of sp³-hybridized carbons (Fsp3) is 0.316. The van der Waals surface area contributed by atoms with Crippen LogP contribution in [-0.2, 0) is 27.7 Å². The zero-order chi connectivity index (χ0) is 36.5. The van der Waals surface area contributed by atoms with Gasteiger partial charge in [0.1, 0.15) is 22.8 Å². The minimum atomic E-state index is -3.70. The van der Waals surface area contributed by atoms with Gasteiger partial charge in [0.15, 0.2) is 0 Å². The van der Waals surface area contributed by atoms with Crippen molar-refractivity contribution in [3.63, 3.8) is 0 Å². The van der Waals surface area contributed by atoms with Gasteiger partial charge < -0.3 is 24.4 Å². The van der Waals surface area contributed by atoms with E-state index in [1.165, 1.54) is 42.7 Å². The number of nitrogens with zero attached hydrogens (tertiary/aromatic N) is 2. The molecule has 6 rings (SSSR count). The van der Waals surface area contributed by atoms with Gasteiger partial charge in [-0.1, -0.05) is 32.0 Å². The van der Waals surface area contributed by atoms with Crippen LogP contribution < -0.4 is 9.62 Å². The molecule has 0 spiro atoms. The highest BCUT2D eigenvalue weighted by molar-refractivity contribution is 7.92. The van der Waals surface area contributed by atoms with Crippen LogP contribution in [0.5, 0.6) is 0 Å². The molecule has 0 radical (unpaired) electrons. The zero-order valence-electron chi connectivity index (χ0n) is 29.6. The maximum Gasteiger partial charge on any atom is 0.410 e. The van der Waals surface area contributed by atoms with Crippen LogP contribution in [0.25, 0.3) is 44.7 Å². The maximum atomic E-state index is 13.8. The first-order chi connectivity index (χ1) is 23.6. The molecule has 0 unspecified atom stereocenters. The first kappa shape index (κ1) is 36.2. The van der Waals surface area contributed by atoms with E-state index in [2.05, 4.69) is 10.3 Å². The summed E-state index contributed by atoms with van der Waals surface area (Å²) in [6.45, 7) is 10.5. The fourth-order valence-corrected chi connectivity index (χ4v) is 6.39. The number of anilines is 1. The van der Waals surface area contributed by atoms with Crippen LogP contribution in [0.3, 0.4) is 0 Å². The van der Waals surface area contributed by atoms with Crippen molar-refractivity contribution in [1.82, 2.24) is 15.2 Å². The number of hydrogen-bond acceptors (Lipinski definition) is 6. The Morgan fingerprint density at radius 3 is 2.32 bits per heavy atom. The molecule has 264 valence electrons. The number of carbonyl (C=O) groups excluding carboxylic acids is 2. The Kier molecular flexibility index (Phi) is 10.2. The van der Waals surface area contributed by atoms with Crippen molar-refractivity contribution < 1.29 is 31.6 Å². The van der Waals surface area contributed by atoms with Crippen LogP contribution in [0.4, 0.5) is 14.9 Å². The molecule has 5 aromatic rings. The lowest BCUT2D eigenvalue weighted by molar-refractivity contribution is 0.0223. The second-order valence-corrected chi connectivity index (χ2v) is 14.9. The number of hydrogen-bond donors (Lipinski definition) is 2. The number of ether oxygens (including phenoxy) is 1. The Morgan fingerprint density at radius 2 is 1.68 bits per heavy atom. The van der Waals surface area contributed by atoms with E-state index in [0.29, 0.717) is 52.9 Å². The lowest BCUT2D eigenvalue weighted by Gasteiger charge is -2.29. The van der Waals surface area contributed by atoms with Crippen molar-refractivity contribution >= 4 is 38.7 Å². The van der Waals surface area contributed by atoms with Gasteiger partial charge in [0.05, 0.1) is 24.1 Å². The van der Waals surface area contributed by atoms with Crippen LogP contribution >= 0.6 is 0 Å². The monoisotopic (exact) mass is 702 g/mol. The van der Waals surface area contributed by atoms with Crippen LogP contribution in [0.1, 0.15) is 56.2 Å². The Bertz CT molecular complexity index is 2160. The summed E-state index contributed by atoms with van der Waals surface area (Å²) in [5, 5.41) is 3.13. The van der Waals surface area contributed by atoms with E-state index in [1.807, 2.05) is 65.0 Å². The van der Waals surface area contributed by atoms with E-state index in [1.54, 1.807) is 17.0 Å². The van der Waals surface area contributed by atoms with E-state index in [4.69, 9.17) is 9.15 Å². The molecule has 3 heterocycles. The van der Waals surface area contributed by atoms with Gasteiger partial charge in [0.25, 0.3) is 5.91 Å². The average molecular weight is 703 g/mol. The largest absolute Gasteiger partial charge is 0.455 e. The Labute approximate surface area is 292 Å². The third kappa shape index (κ3) is 7.40. The molecule has 0 atom stereocenters. The maximum absolute atomic E-state index is 13.8. The number of H-pyrrole nitrogens is 1. The smallest absolute Gasteiger partial charge is 0.410 e. The molecule has 2 aromatic heterocycles. The number of halogens is 1. The van der Waals surface area contributed by atoms with Gasteiger partial charge in [-0.3, -0.25) is 9.10 Å². The van der Waals surface area contributed by atoms with Crippen LogP contribution in [0.15, 0.2) is 71.1 Å². The van der Waals surface area contributed by atoms with Crippen molar-refractivity contribution in [2.24, 2.45) is 0 Å². The third-order valence-electron chi connectivity index (χ3n) is 8.32. The van der Waals surface area contributed by atoms with Crippen LogP contribution in [0, 0.1) is 5.82 Å². The summed E-state index contributed by atoms with van der Waals surface area (Å²) >= 11 is 0. The molecule has 2 N–H and O–H groups in total. The molecule has 1 aliphatic rings. The quantitative estimate of drug-likeness (QED) is 0.185. The molecule has 1 aliphatic heterocycles. The summed E-state index contributed by atoms with van der Waals surface area (Å²) in [5.41, 5.74) is 5.79. The number of aromatic nitrogens is 1. The van der Waals surface area contributed by atoms with Crippen LogP contribution in [-0.4, -0.2) is 62.8 Å². The van der Waals surface area contributed by atoms with Gasteiger partial charge in [-0.05, 0) is 79.9 Å². The highest BCUT2D eigenvalue weighted by Crippen LogP contribution is 2.42. The second kappa shape index (κ2) is 14.0. The second-order valence-electron chi connectivity index (χ2n) is 12.9. The summed E-state index contributed by atoms with van der Waals surface area (Å²) in [6, 6.07) is 18.6. The molecular formula is C38H43FN4O6S. The lowest BCUT2D eigenvalue weighted by Crippen LogP contribution is -2.39. The molecule has 10 nitrogen and oxygen atoms in total. The molecule has 3 aromatic carbocycles. The number of nitrogens with one attached hydrogen (secondary N) is 2. The standard InChI is InChI=1S/C36H37FN4O6S.C2H6/c1-36(2,3)47-35(43)41-15-14-28-24(20-41)17-29(39-28)23-9-7-8-22(16-23)26-18-27-31(19-30(26)40(5)48(6,44)45)46-33(32(27)34(42)38-4)21-10-12-25(37)13-11-21;1-2/h7-13,16-19,39H,14-15,20H2,1-6H3,(H,38,42);1-2H3. The van der Waals surface area contributed by atoms with E-state index in [-0.39, 0.29) is 17.4 Å². The SMILES string of the molecule is CC.CNC(=O)c1c(-c2ccc(F)cc2)oc2cc(N(C)S(C)(=O)=O)c(-c3cccc(-c4cc5c([nH]4)CCN(C(=O)OC(C)(C)C)C5)c3)cc12. The van der Waals surface area contributed by atoms with Crippen LogP contribution in [0.2, 0.25) is 0 Å². The van der Waals surface area contributed by atoms with Gasteiger partial charge in [-0.15, -0.1) is 0 Å². The minimum absolute atomic E-state index is 0.237. The third-order valence-corrected chi connectivity index (χ3v) is 9.52. The van der Waals surface area contributed by atoms with Gasteiger partial charge >= 0.3 is 6.09 Å². The number of carbonyl (C=O) groups is 2. The van der Waals surface area contributed by atoms with Gasteiger partial charge in [0.2, 0.25) is 10.0 Å². The highest BCUT2D eigenvalue weighted by Gasteiger charge is 2.28. The molecule has 2 amide bonds. The average Bonchev–Trinajstić information content (AvgIpc) is 3.68. The van der Waals surface area contributed by atoms with Gasteiger partial charge in [0, 0.05) is 61.0 Å². The Hall–Kier alpha value is -5.10. The molecule has 0 fully saturated rings. The predicted octanol–water partition coefficient (Wildman–Crippen LogP) is 7.98. The van der Waals surface area contributed by atoms with Crippen molar-refractivity contribution in [3.05, 3.63) is 89.4 Å². The topological polar surface area (TPSA) is 125 Å². The predicted molar refractivity (Wildman–Crippen MR) is 195 cm³/mol. The van der Waals surface area contributed by atoms with E-state index < -0.39 is 27.3 Å². The summed E-state index contributed by atoms with van der Waals surface area (Å²) in [6.07, 6.45) is 1.41. The normalized spacial score (nSPS) is 12.9. The highest BCUT2D eigenvalue weighted by atomic mass is 32.2. The molecule has 0 saturated carbocycles. The van der Waals surface area contributed by atoms with E-state index in [0.717, 1.165) is 28.8 Å². The number of benzene rings is 3. The minimum Gasteiger partial charge on any atom is -0.455 e.